The van der Waals surface area contributed by atoms with Crippen LogP contribution in [0.2, 0.25) is 0 Å². The number of likely N-dealkylation sites (tertiary alicyclic amines) is 1. The van der Waals surface area contributed by atoms with Crippen LogP contribution in [0.4, 0.5) is 0 Å². The highest BCUT2D eigenvalue weighted by molar-refractivity contribution is 5.86. The van der Waals surface area contributed by atoms with Gasteiger partial charge in [0.15, 0.2) is 0 Å². The number of aryl methyl sites for hydroxylation is 2. The second-order valence-electron chi connectivity index (χ2n) is 8.37. The van der Waals surface area contributed by atoms with E-state index in [1.165, 1.54) is 5.56 Å². The van der Waals surface area contributed by atoms with Crippen molar-refractivity contribution < 1.29 is 14.3 Å². The Balaban J connectivity index is 2.21. The molecule has 0 bridgehead atoms. The van der Waals surface area contributed by atoms with Crippen LogP contribution in [-0.4, -0.2) is 36.0 Å². The first kappa shape index (κ1) is 20.5. The summed E-state index contributed by atoms with van der Waals surface area (Å²) in [6.45, 7) is 13.5. The molecule has 1 fully saturated rings. The van der Waals surface area contributed by atoms with Crippen LogP contribution in [-0.2, 0) is 26.2 Å². The number of carbonyl (C=O) groups is 2. The van der Waals surface area contributed by atoms with Crippen molar-refractivity contribution >= 4 is 11.9 Å². The number of hydrogen-bond acceptors (Lipinski definition) is 3. The predicted molar refractivity (Wildman–Crippen MR) is 104 cm³/mol. The van der Waals surface area contributed by atoms with Crippen LogP contribution in [0.25, 0.3) is 0 Å². The van der Waals surface area contributed by atoms with E-state index in [-0.39, 0.29) is 17.3 Å². The van der Waals surface area contributed by atoms with Gasteiger partial charge in [0.1, 0.15) is 6.04 Å². The molecule has 1 unspecified atom stereocenters. The van der Waals surface area contributed by atoms with Crippen molar-refractivity contribution in [3.05, 3.63) is 34.4 Å². The number of ether oxygens (including phenoxy) is 1. The standard InChI is InChI=1S/C22H33NO3/c1-7-26-21(25)19-10-8-9-11-23(19)20(24)14-18-15(2)12-17(13-16(18)3)22(4,5)6/h12-13,19H,7-11,14H2,1-6H3. The molecule has 1 aromatic rings. The molecule has 0 aromatic heterocycles. The van der Waals surface area contributed by atoms with Crippen molar-refractivity contribution in [2.24, 2.45) is 0 Å². The van der Waals surface area contributed by atoms with E-state index in [0.29, 0.717) is 26.0 Å². The second kappa shape index (κ2) is 8.24. The Morgan fingerprint density at radius 3 is 2.31 bits per heavy atom. The molecule has 1 aromatic carbocycles. The minimum absolute atomic E-state index is 0.0254. The summed E-state index contributed by atoms with van der Waals surface area (Å²) in [6.07, 6.45) is 2.96. The van der Waals surface area contributed by atoms with Gasteiger partial charge in [-0.2, -0.15) is 0 Å². The molecule has 0 spiro atoms. The summed E-state index contributed by atoms with van der Waals surface area (Å²) in [7, 11) is 0. The lowest BCUT2D eigenvalue weighted by Gasteiger charge is -2.34. The fraction of sp³-hybridized carbons (Fsp3) is 0.636. The number of esters is 1. The zero-order valence-corrected chi connectivity index (χ0v) is 17.1. The van der Waals surface area contributed by atoms with E-state index in [1.54, 1.807) is 11.8 Å². The Morgan fingerprint density at radius 2 is 1.77 bits per heavy atom. The molecule has 1 amide bonds. The highest BCUT2D eigenvalue weighted by Gasteiger charge is 2.33. The van der Waals surface area contributed by atoms with E-state index in [1.807, 2.05) is 0 Å². The smallest absolute Gasteiger partial charge is 0.328 e. The molecule has 1 aliphatic rings. The number of nitrogens with zero attached hydrogens (tertiary/aromatic N) is 1. The Bertz CT molecular complexity index is 649. The van der Waals surface area contributed by atoms with Crippen molar-refractivity contribution in [1.82, 2.24) is 4.90 Å². The SMILES string of the molecule is CCOC(=O)C1CCCCN1C(=O)Cc1c(C)cc(C(C)(C)C)cc1C. The van der Waals surface area contributed by atoms with Crippen LogP contribution in [0.5, 0.6) is 0 Å². The highest BCUT2D eigenvalue weighted by Crippen LogP contribution is 2.28. The number of carbonyl (C=O) groups excluding carboxylic acids is 2. The maximum atomic E-state index is 13.0. The first-order valence-corrected chi connectivity index (χ1v) is 9.71. The lowest BCUT2D eigenvalue weighted by Crippen LogP contribution is -2.49. The van der Waals surface area contributed by atoms with Gasteiger partial charge in [-0.25, -0.2) is 4.79 Å². The maximum absolute atomic E-state index is 13.0. The minimum Gasteiger partial charge on any atom is -0.464 e. The van der Waals surface area contributed by atoms with Gasteiger partial charge in [-0.1, -0.05) is 32.9 Å². The number of amides is 1. The van der Waals surface area contributed by atoms with Crippen molar-refractivity contribution in [3.63, 3.8) is 0 Å². The van der Waals surface area contributed by atoms with E-state index in [0.717, 1.165) is 29.5 Å². The third kappa shape index (κ3) is 4.66. The molecule has 1 atom stereocenters. The fourth-order valence-electron chi connectivity index (χ4n) is 3.67. The predicted octanol–water partition coefficient (Wildman–Crippen LogP) is 4.09. The molecule has 144 valence electrons. The molecule has 1 saturated heterocycles. The topological polar surface area (TPSA) is 46.6 Å². The minimum atomic E-state index is -0.425. The van der Waals surface area contributed by atoms with Gasteiger partial charge in [0.25, 0.3) is 0 Å². The quantitative estimate of drug-likeness (QED) is 0.761. The average molecular weight is 360 g/mol. The van der Waals surface area contributed by atoms with Crippen LogP contribution < -0.4 is 0 Å². The average Bonchev–Trinajstić information content (AvgIpc) is 2.57. The summed E-state index contributed by atoms with van der Waals surface area (Å²) in [4.78, 5) is 27.0. The summed E-state index contributed by atoms with van der Waals surface area (Å²) < 4.78 is 5.18. The molecule has 1 aliphatic heterocycles. The van der Waals surface area contributed by atoms with Gasteiger partial charge in [-0.15, -0.1) is 0 Å². The highest BCUT2D eigenvalue weighted by atomic mass is 16.5. The number of rotatable bonds is 4. The molecule has 26 heavy (non-hydrogen) atoms. The van der Waals surface area contributed by atoms with Crippen LogP contribution >= 0.6 is 0 Å². The fourth-order valence-corrected chi connectivity index (χ4v) is 3.67. The van der Waals surface area contributed by atoms with Crippen molar-refractivity contribution in [1.29, 1.82) is 0 Å². The zero-order chi connectivity index (χ0) is 19.5. The van der Waals surface area contributed by atoms with Crippen molar-refractivity contribution in [3.8, 4) is 0 Å². The molecule has 1 heterocycles. The molecular formula is C22H33NO3. The van der Waals surface area contributed by atoms with Gasteiger partial charge in [-0.05, 0) is 67.7 Å². The van der Waals surface area contributed by atoms with Crippen molar-refractivity contribution in [2.45, 2.75) is 78.7 Å². The molecule has 0 radical (unpaired) electrons. The number of piperidine rings is 1. The Kier molecular flexibility index (Phi) is 6.48. The lowest BCUT2D eigenvalue weighted by atomic mass is 9.83. The van der Waals surface area contributed by atoms with E-state index in [2.05, 4.69) is 46.8 Å². The molecule has 2 rings (SSSR count). The summed E-state index contributed by atoms with van der Waals surface area (Å²) in [6, 6.07) is 3.95. The maximum Gasteiger partial charge on any atom is 0.328 e. The molecule has 0 saturated carbocycles. The number of benzene rings is 1. The first-order valence-electron chi connectivity index (χ1n) is 9.71. The van der Waals surface area contributed by atoms with Crippen LogP contribution in [0.15, 0.2) is 12.1 Å². The molecule has 4 nitrogen and oxygen atoms in total. The van der Waals surface area contributed by atoms with Crippen molar-refractivity contribution in [2.75, 3.05) is 13.2 Å². The molecule has 0 N–H and O–H groups in total. The van der Waals surface area contributed by atoms with E-state index < -0.39 is 6.04 Å². The lowest BCUT2D eigenvalue weighted by molar-refractivity contribution is -0.156. The summed E-state index contributed by atoms with van der Waals surface area (Å²) >= 11 is 0. The van der Waals surface area contributed by atoms with Crippen LogP contribution in [0, 0.1) is 13.8 Å². The van der Waals surface area contributed by atoms with Gasteiger partial charge in [0, 0.05) is 6.54 Å². The third-order valence-electron chi connectivity index (χ3n) is 5.27. The van der Waals surface area contributed by atoms with Gasteiger partial charge in [-0.3, -0.25) is 4.79 Å². The van der Waals surface area contributed by atoms with E-state index in [4.69, 9.17) is 4.74 Å². The van der Waals surface area contributed by atoms with Gasteiger partial charge < -0.3 is 9.64 Å². The van der Waals surface area contributed by atoms with Crippen LogP contribution in [0.3, 0.4) is 0 Å². The Morgan fingerprint density at radius 1 is 1.15 bits per heavy atom. The van der Waals surface area contributed by atoms with Gasteiger partial charge >= 0.3 is 5.97 Å². The molecule has 0 aliphatic carbocycles. The van der Waals surface area contributed by atoms with E-state index in [9.17, 15) is 9.59 Å². The number of hydrogen-bond donors (Lipinski definition) is 0. The van der Waals surface area contributed by atoms with Gasteiger partial charge in [0.05, 0.1) is 13.0 Å². The van der Waals surface area contributed by atoms with Crippen LogP contribution in [0.1, 0.15) is 69.2 Å². The third-order valence-corrected chi connectivity index (χ3v) is 5.27. The Labute approximate surface area is 157 Å². The van der Waals surface area contributed by atoms with E-state index >= 15 is 0 Å². The normalized spacial score (nSPS) is 17.9. The largest absolute Gasteiger partial charge is 0.464 e. The second-order valence-corrected chi connectivity index (χ2v) is 8.37. The molecular weight excluding hydrogens is 326 g/mol. The summed E-state index contributed by atoms with van der Waals surface area (Å²) in [5, 5.41) is 0. The summed E-state index contributed by atoms with van der Waals surface area (Å²) in [5.41, 5.74) is 4.74. The first-order chi connectivity index (χ1) is 12.1. The Hall–Kier alpha value is -1.84. The molecule has 4 heteroatoms. The monoisotopic (exact) mass is 359 g/mol. The van der Waals surface area contributed by atoms with Gasteiger partial charge in [0.2, 0.25) is 5.91 Å². The zero-order valence-electron chi connectivity index (χ0n) is 17.1. The summed E-state index contributed by atoms with van der Waals surface area (Å²) in [5.74, 6) is -0.241.